The van der Waals surface area contributed by atoms with E-state index in [1.54, 1.807) is 6.07 Å². The lowest BCUT2D eigenvalue weighted by atomic mass is 10.1. The number of nitrogens with one attached hydrogen (secondary N) is 1. The third-order valence-electron chi connectivity index (χ3n) is 5.83. The summed E-state index contributed by atoms with van der Waals surface area (Å²) in [4.78, 5) is 17.1. The number of halogens is 1. The molecular weight excluding hydrogens is 385 g/mol. The minimum Gasteiger partial charge on any atom is -0.376 e. The average Bonchev–Trinajstić information content (AvgIpc) is 3.15. The summed E-state index contributed by atoms with van der Waals surface area (Å²) < 4.78 is 21.5. The summed E-state index contributed by atoms with van der Waals surface area (Å²) in [7, 11) is 0. The summed E-state index contributed by atoms with van der Waals surface area (Å²) in [6, 6.07) is 7.12. The van der Waals surface area contributed by atoms with Gasteiger partial charge >= 0.3 is 0 Å². The van der Waals surface area contributed by atoms with Crippen molar-refractivity contribution in [2.24, 2.45) is 0 Å². The Kier molecular flexibility index (Phi) is 6.34. The molecule has 1 saturated heterocycles. The number of carbonyl (C=O) groups excluding carboxylic acids is 1. The molecule has 2 aliphatic heterocycles. The van der Waals surface area contributed by atoms with E-state index >= 15 is 0 Å². The van der Waals surface area contributed by atoms with E-state index in [9.17, 15) is 9.18 Å². The van der Waals surface area contributed by atoms with Gasteiger partial charge in [0.25, 0.3) is 5.91 Å². The highest BCUT2D eigenvalue weighted by atomic mass is 19.1. The highest BCUT2D eigenvalue weighted by Crippen LogP contribution is 2.24. The van der Waals surface area contributed by atoms with E-state index in [1.165, 1.54) is 6.07 Å². The number of benzene rings is 1. The largest absolute Gasteiger partial charge is 0.376 e. The van der Waals surface area contributed by atoms with Crippen molar-refractivity contribution in [2.75, 3.05) is 50.8 Å². The SMILES string of the molecule is CC(C)n1nc(C(=O)NCCN2CCN(c3ccccc3F)CC2)c2c1CCOC2. The molecule has 3 heterocycles. The Morgan fingerprint density at radius 1 is 1.23 bits per heavy atom. The average molecular weight is 416 g/mol. The zero-order chi connectivity index (χ0) is 21.1. The van der Waals surface area contributed by atoms with Crippen molar-refractivity contribution in [1.82, 2.24) is 20.0 Å². The fourth-order valence-electron chi connectivity index (χ4n) is 4.21. The van der Waals surface area contributed by atoms with Crippen LogP contribution in [0.25, 0.3) is 0 Å². The number of hydrogen-bond donors (Lipinski definition) is 1. The lowest BCUT2D eigenvalue weighted by Gasteiger charge is -2.36. The predicted molar refractivity (Wildman–Crippen MR) is 113 cm³/mol. The van der Waals surface area contributed by atoms with Crippen molar-refractivity contribution in [3.8, 4) is 0 Å². The van der Waals surface area contributed by atoms with E-state index in [2.05, 4.69) is 34.1 Å². The number of hydrogen-bond acceptors (Lipinski definition) is 5. The molecule has 1 fully saturated rings. The van der Waals surface area contributed by atoms with Gasteiger partial charge in [-0.05, 0) is 26.0 Å². The maximum atomic E-state index is 14.0. The second-order valence-electron chi connectivity index (χ2n) is 8.15. The van der Waals surface area contributed by atoms with Crippen molar-refractivity contribution in [1.29, 1.82) is 0 Å². The molecule has 1 aromatic heterocycles. The Morgan fingerprint density at radius 3 is 2.73 bits per heavy atom. The van der Waals surface area contributed by atoms with Crippen molar-refractivity contribution < 1.29 is 13.9 Å². The minimum atomic E-state index is -0.175. The fraction of sp³-hybridized carbons (Fsp3) is 0.545. The topological polar surface area (TPSA) is 62.6 Å². The lowest BCUT2D eigenvalue weighted by molar-refractivity contribution is 0.0919. The molecule has 1 N–H and O–H groups in total. The summed E-state index contributed by atoms with van der Waals surface area (Å²) in [5.74, 6) is -0.312. The van der Waals surface area contributed by atoms with Crippen LogP contribution in [0, 0.1) is 5.82 Å². The summed E-state index contributed by atoms with van der Waals surface area (Å²) in [5, 5.41) is 7.59. The Labute approximate surface area is 176 Å². The number of ether oxygens (including phenoxy) is 1. The van der Waals surface area contributed by atoms with Crippen molar-refractivity contribution in [3.63, 3.8) is 0 Å². The standard InChI is InChI=1S/C22H30FN5O2/c1-16(2)28-19-7-14-30-15-17(19)21(25-28)22(29)24-8-9-26-10-12-27(13-11-26)20-6-4-3-5-18(20)23/h3-6,16H,7-15H2,1-2H3,(H,24,29). The Morgan fingerprint density at radius 2 is 2.00 bits per heavy atom. The first-order valence-electron chi connectivity index (χ1n) is 10.7. The first-order chi connectivity index (χ1) is 14.5. The molecule has 4 rings (SSSR count). The fourth-order valence-corrected chi connectivity index (χ4v) is 4.21. The van der Waals surface area contributed by atoms with Crippen LogP contribution in [0.2, 0.25) is 0 Å². The molecule has 2 aromatic rings. The molecule has 1 aromatic carbocycles. The van der Waals surface area contributed by atoms with Crippen LogP contribution in [-0.2, 0) is 17.8 Å². The molecule has 0 unspecified atom stereocenters. The molecule has 0 bridgehead atoms. The Hall–Kier alpha value is -2.45. The molecule has 0 aliphatic carbocycles. The van der Waals surface area contributed by atoms with Crippen LogP contribution in [0.15, 0.2) is 24.3 Å². The van der Waals surface area contributed by atoms with Crippen LogP contribution in [0.5, 0.6) is 0 Å². The van der Waals surface area contributed by atoms with Crippen LogP contribution in [0.3, 0.4) is 0 Å². The van der Waals surface area contributed by atoms with Crippen LogP contribution in [0.4, 0.5) is 10.1 Å². The number of para-hydroxylation sites is 1. The van der Waals surface area contributed by atoms with Gasteiger partial charge in [0.2, 0.25) is 0 Å². The number of amides is 1. The third kappa shape index (κ3) is 4.34. The van der Waals surface area contributed by atoms with Gasteiger partial charge in [0.05, 0.1) is 18.9 Å². The van der Waals surface area contributed by atoms with Gasteiger partial charge in [0.1, 0.15) is 5.82 Å². The van der Waals surface area contributed by atoms with Gasteiger partial charge in [0, 0.05) is 63.0 Å². The molecule has 2 aliphatic rings. The van der Waals surface area contributed by atoms with Crippen molar-refractivity contribution >= 4 is 11.6 Å². The number of aromatic nitrogens is 2. The van der Waals surface area contributed by atoms with Crippen molar-refractivity contribution in [2.45, 2.75) is 32.9 Å². The molecule has 0 atom stereocenters. The van der Waals surface area contributed by atoms with E-state index in [4.69, 9.17) is 4.74 Å². The zero-order valence-electron chi connectivity index (χ0n) is 17.7. The number of fused-ring (bicyclic) bond motifs is 1. The number of anilines is 1. The smallest absolute Gasteiger partial charge is 0.272 e. The van der Waals surface area contributed by atoms with Crippen LogP contribution in [-0.4, -0.2) is 66.5 Å². The molecule has 30 heavy (non-hydrogen) atoms. The van der Waals surface area contributed by atoms with Crippen LogP contribution in [0.1, 0.15) is 41.6 Å². The van der Waals surface area contributed by atoms with E-state index in [1.807, 2.05) is 16.8 Å². The maximum absolute atomic E-state index is 14.0. The van der Waals surface area contributed by atoms with Gasteiger partial charge in [-0.25, -0.2) is 4.39 Å². The molecule has 1 amide bonds. The van der Waals surface area contributed by atoms with Gasteiger partial charge in [-0.15, -0.1) is 0 Å². The molecule has 0 radical (unpaired) electrons. The zero-order valence-corrected chi connectivity index (χ0v) is 17.7. The van der Waals surface area contributed by atoms with Gasteiger partial charge in [-0.3, -0.25) is 14.4 Å². The molecule has 0 spiro atoms. The van der Waals surface area contributed by atoms with E-state index < -0.39 is 0 Å². The maximum Gasteiger partial charge on any atom is 0.272 e. The predicted octanol–water partition coefficient (Wildman–Crippen LogP) is 2.23. The van der Waals surface area contributed by atoms with Gasteiger partial charge in [-0.2, -0.15) is 5.10 Å². The first kappa shape index (κ1) is 20.8. The number of piperazine rings is 1. The monoisotopic (exact) mass is 415 g/mol. The summed E-state index contributed by atoms with van der Waals surface area (Å²) in [6.07, 6.45) is 0.792. The van der Waals surface area contributed by atoms with Gasteiger partial charge < -0.3 is 15.0 Å². The molecular formula is C22H30FN5O2. The molecule has 8 heteroatoms. The summed E-state index contributed by atoms with van der Waals surface area (Å²) in [5.41, 5.74) is 3.19. The second-order valence-corrected chi connectivity index (χ2v) is 8.15. The molecule has 0 saturated carbocycles. The lowest BCUT2D eigenvalue weighted by Crippen LogP contribution is -2.48. The van der Waals surface area contributed by atoms with Gasteiger partial charge in [0.15, 0.2) is 5.69 Å². The minimum absolute atomic E-state index is 0.138. The number of rotatable bonds is 6. The second kappa shape index (κ2) is 9.14. The van der Waals surface area contributed by atoms with E-state index in [0.29, 0.717) is 31.1 Å². The summed E-state index contributed by atoms with van der Waals surface area (Å²) >= 11 is 0. The quantitative estimate of drug-likeness (QED) is 0.784. The van der Waals surface area contributed by atoms with Gasteiger partial charge in [-0.1, -0.05) is 12.1 Å². The normalized spacial score (nSPS) is 17.3. The van der Waals surface area contributed by atoms with Crippen LogP contribution >= 0.6 is 0 Å². The summed E-state index contributed by atoms with van der Waals surface area (Å²) in [6.45, 7) is 9.83. The first-order valence-corrected chi connectivity index (χ1v) is 10.7. The molecule has 162 valence electrons. The highest BCUT2D eigenvalue weighted by molar-refractivity contribution is 5.94. The van der Waals surface area contributed by atoms with Crippen LogP contribution < -0.4 is 10.2 Å². The Bertz CT molecular complexity index is 890. The molecule has 7 nitrogen and oxygen atoms in total. The number of carbonyl (C=O) groups is 1. The van der Waals surface area contributed by atoms with E-state index in [0.717, 1.165) is 50.4 Å². The highest BCUT2D eigenvalue weighted by Gasteiger charge is 2.26. The third-order valence-corrected chi connectivity index (χ3v) is 5.83. The Balaban J connectivity index is 1.28. The van der Waals surface area contributed by atoms with E-state index in [-0.39, 0.29) is 17.8 Å². The number of nitrogens with zero attached hydrogens (tertiary/aromatic N) is 4. The van der Waals surface area contributed by atoms with Crippen molar-refractivity contribution in [3.05, 3.63) is 47.0 Å².